The zero-order valence-electron chi connectivity index (χ0n) is 15.7. The fraction of sp³-hybridized carbons (Fsp3) is 0.650. The number of hydrogen-bond acceptors (Lipinski definition) is 3. The Bertz CT molecular complexity index is 799. The Morgan fingerprint density at radius 2 is 1.75 bits per heavy atom. The molecule has 8 heteroatoms. The van der Waals surface area contributed by atoms with Gasteiger partial charge in [0.05, 0.1) is 17.1 Å². The first-order valence-corrected chi connectivity index (χ1v) is 11.6. The van der Waals surface area contributed by atoms with Gasteiger partial charge in [0.15, 0.2) is 9.84 Å². The molecule has 1 amide bonds. The fourth-order valence-electron chi connectivity index (χ4n) is 4.25. The second kappa shape index (κ2) is 8.43. The second-order valence-electron chi connectivity index (χ2n) is 7.99. The normalized spacial score (nSPS) is 23.1. The van der Waals surface area contributed by atoms with Crippen molar-refractivity contribution in [2.24, 2.45) is 11.8 Å². The lowest BCUT2D eigenvalue weighted by Gasteiger charge is -2.32. The van der Waals surface area contributed by atoms with Crippen LogP contribution in [0.5, 0.6) is 0 Å². The van der Waals surface area contributed by atoms with E-state index in [1.165, 1.54) is 12.1 Å². The van der Waals surface area contributed by atoms with Crippen molar-refractivity contribution >= 4 is 15.7 Å². The Balaban J connectivity index is 1.45. The number of benzene rings is 1. The summed E-state index contributed by atoms with van der Waals surface area (Å²) in [6.07, 6.45) is -0.873. The quantitative estimate of drug-likeness (QED) is 0.734. The predicted octanol–water partition coefficient (Wildman–Crippen LogP) is 3.70. The summed E-state index contributed by atoms with van der Waals surface area (Å²) < 4.78 is 62.3. The summed E-state index contributed by atoms with van der Waals surface area (Å²) in [5.74, 6) is 0.509. The molecule has 0 spiro atoms. The third-order valence-electron chi connectivity index (χ3n) is 5.90. The van der Waals surface area contributed by atoms with E-state index >= 15 is 0 Å². The van der Waals surface area contributed by atoms with Crippen LogP contribution in [0.15, 0.2) is 24.3 Å². The minimum atomic E-state index is -4.33. The van der Waals surface area contributed by atoms with Crippen LogP contribution in [0.3, 0.4) is 0 Å². The average Bonchev–Trinajstić information content (AvgIpc) is 2.98. The Morgan fingerprint density at radius 1 is 1.07 bits per heavy atom. The van der Waals surface area contributed by atoms with Gasteiger partial charge < -0.3 is 4.90 Å². The minimum Gasteiger partial charge on any atom is -0.343 e. The highest BCUT2D eigenvalue weighted by Gasteiger charge is 2.34. The lowest BCUT2D eigenvalue weighted by Crippen LogP contribution is -2.39. The molecule has 156 valence electrons. The standard InChI is InChI=1S/C20H26F3NO3S/c21-20(22,23)18-4-2-1-3-17(18)6-5-15-7-10-24(11-8-15)19(25)13-16-9-12-28(26,27)14-16/h1-4,15-16H,5-14H2. The maximum absolute atomic E-state index is 13.1. The van der Waals surface area contributed by atoms with Crippen LogP contribution < -0.4 is 0 Å². The van der Waals surface area contributed by atoms with Crippen LogP contribution in [-0.2, 0) is 27.2 Å². The smallest absolute Gasteiger partial charge is 0.343 e. The van der Waals surface area contributed by atoms with Crippen molar-refractivity contribution < 1.29 is 26.4 Å². The molecular weight excluding hydrogens is 391 g/mol. The topological polar surface area (TPSA) is 54.5 Å². The highest BCUT2D eigenvalue weighted by Crippen LogP contribution is 2.33. The summed E-state index contributed by atoms with van der Waals surface area (Å²) in [5.41, 5.74) is -0.231. The molecule has 0 radical (unpaired) electrons. The molecule has 3 rings (SSSR count). The Morgan fingerprint density at radius 3 is 2.36 bits per heavy atom. The van der Waals surface area contributed by atoms with E-state index < -0.39 is 21.6 Å². The summed E-state index contributed by atoms with van der Waals surface area (Å²) in [6, 6.07) is 5.71. The van der Waals surface area contributed by atoms with Crippen molar-refractivity contribution in [1.82, 2.24) is 4.90 Å². The molecular formula is C20H26F3NO3S. The van der Waals surface area contributed by atoms with Crippen molar-refractivity contribution in [3.8, 4) is 0 Å². The van der Waals surface area contributed by atoms with Crippen LogP contribution >= 0.6 is 0 Å². The largest absolute Gasteiger partial charge is 0.416 e. The first-order valence-electron chi connectivity index (χ1n) is 9.77. The van der Waals surface area contributed by atoms with E-state index in [-0.39, 0.29) is 29.8 Å². The molecule has 1 aromatic rings. The van der Waals surface area contributed by atoms with E-state index in [9.17, 15) is 26.4 Å². The number of piperidine rings is 1. The molecule has 0 aliphatic carbocycles. The van der Waals surface area contributed by atoms with Crippen molar-refractivity contribution in [1.29, 1.82) is 0 Å². The van der Waals surface area contributed by atoms with Crippen LogP contribution in [0.25, 0.3) is 0 Å². The summed E-state index contributed by atoms with van der Waals surface area (Å²) in [6.45, 7) is 1.20. The van der Waals surface area contributed by atoms with Gasteiger partial charge in [0.1, 0.15) is 0 Å². The molecule has 0 aromatic heterocycles. The molecule has 28 heavy (non-hydrogen) atoms. The number of halogens is 3. The second-order valence-corrected chi connectivity index (χ2v) is 10.2. The monoisotopic (exact) mass is 417 g/mol. The highest BCUT2D eigenvalue weighted by molar-refractivity contribution is 7.91. The van der Waals surface area contributed by atoms with Gasteiger partial charge in [0.25, 0.3) is 0 Å². The summed E-state index contributed by atoms with van der Waals surface area (Å²) in [5, 5.41) is 0. The first-order chi connectivity index (χ1) is 13.1. The molecule has 2 saturated heterocycles. The number of likely N-dealkylation sites (tertiary alicyclic amines) is 1. The van der Waals surface area contributed by atoms with Gasteiger partial charge in [-0.05, 0) is 55.6 Å². The lowest BCUT2D eigenvalue weighted by atomic mass is 9.89. The number of hydrogen-bond donors (Lipinski definition) is 0. The lowest BCUT2D eigenvalue weighted by molar-refractivity contribution is -0.138. The number of nitrogens with zero attached hydrogens (tertiary/aromatic N) is 1. The van der Waals surface area contributed by atoms with Crippen LogP contribution in [0, 0.1) is 11.8 Å². The predicted molar refractivity (Wildman–Crippen MR) is 100 cm³/mol. The van der Waals surface area contributed by atoms with Crippen LogP contribution in [-0.4, -0.2) is 43.8 Å². The highest BCUT2D eigenvalue weighted by atomic mass is 32.2. The summed E-state index contributed by atoms with van der Waals surface area (Å²) in [4.78, 5) is 14.2. The van der Waals surface area contributed by atoms with Crippen LogP contribution in [0.1, 0.15) is 43.2 Å². The summed E-state index contributed by atoms with van der Waals surface area (Å²) in [7, 11) is -2.98. The number of amides is 1. The number of carbonyl (C=O) groups excluding carboxylic acids is 1. The van der Waals surface area contributed by atoms with E-state index in [0.29, 0.717) is 43.8 Å². The zero-order valence-corrected chi connectivity index (χ0v) is 16.6. The Kier molecular flexibility index (Phi) is 6.37. The van der Waals surface area contributed by atoms with Gasteiger partial charge in [0, 0.05) is 19.5 Å². The third kappa shape index (κ3) is 5.49. The molecule has 2 aliphatic rings. The van der Waals surface area contributed by atoms with Gasteiger partial charge in [0.2, 0.25) is 5.91 Å². The number of rotatable bonds is 5. The maximum atomic E-state index is 13.1. The van der Waals surface area contributed by atoms with E-state index in [0.717, 1.165) is 18.9 Å². The van der Waals surface area contributed by atoms with E-state index in [4.69, 9.17) is 0 Å². The molecule has 2 fully saturated rings. The average molecular weight is 417 g/mol. The van der Waals surface area contributed by atoms with Crippen LogP contribution in [0.4, 0.5) is 13.2 Å². The Hall–Kier alpha value is -1.57. The molecule has 2 heterocycles. The maximum Gasteiger partial charge on any atom is 0.416 e. The molecule has 0 saturated carbocycles. The summed E-state index contributed by atoms with van der Waals surface area (Å²) >= 11 is 0. The van der Waals surface area contributed by atoms with Crippen molar-refractivity contribution in [3.63, 3.8) is 0 Å². The van der Waals surface area contributed by atoms with E-state index in [1.807, 2.05) is 0 Å². The third-order valence-corrected chi connectivity index (χ3v) is 7.74. The fourth-order valence-corrected chi connectivity index (χ4v) is 6.12. The van der Waals surface area contributed by atoms with E-state index in [2.05, 4.69) is 0 Å². The first kappa shape index (κ1) is 21.1. The molecule has 1 atom stereocenters. The van der Waals surface area contributed by atoms with Gasteiger partial charge in [-0.1, -0.05) is 18.2 Å². The van der Waals surface area contributed by atoms with Crippen molar-refractivity contribution in [2.75, 3.05) is 24.6 Å². The Labute approximate surface area is 164 Å². The zero-order chi connectivity index (χ0) is 20.4. The molecule has 0 N–H and O–H groups in total. The van der Waals surface area contributed by atoms with Crippen LogP contribution in [0.2, 0.25) is 0 Å². The molecule has 4 nitrogen and oxygen atoms in total. The van der Waals surface area contributed by atoms with Gasteiger partial charge in [-0.3, -0.25) is 4.79 Å². The number of alkyl halides is 3. The van der Waals surface area contributed by atoms with Crippen molar-refractivity contribution in [3.05, 3.63) is 35.4 Å². The van der Waals surface area contributed by atoms with Gasteiger partial charge in [-0.15, -0.1) is 0 Å². The van der Waals surface area contributed by atoms with Gasteiger partial charge >= 0.3 is 6.18 Å². The van der Waals surface area contributed by atoms with Gasteiger partial charge in [-0.25, -0.2) is 8.42 Å². The molecule has 2 aliphatic heterocycles. The number of sulfone groups is 1. The number of aryl methyl sites for hydroxylation is 1. The number of carbonyl (C=O) groups is 1. The van der Waals surface area contributed by atoms with Gasteiger partial charge in [-0.2, -0.15) is 13.2 Å². The molecule has 1 unspecified atom stereocenters. The SMILES string of the molecule is O=C(CC1CCS(=O)(=O)C1)N1CCC(CCc2ccccc2C(F)(F)F)CC1. The van der Waals surface area contributed by atoms with Crippen molar-refractivity contribution in [2.45, 2.75) is 44.7 Å². The van der Waals surface area contributed by atoms with E-state index in [1.54, 1.807) is 11.0 Å². The molecule has 0 bridgehead atoms. The molecule has 1 aromatic carbocycles. The minimum absolute atomic E-state index is 0.00275.